The summed E-state index contributed by atoms with van der Waals surface area (Å²) in [6, 6.07) is 15.8. The van der Waals surface area contributed by atoms with Gasteiger partial charge in [-0.15, -0.1) is 0 Å². The highest BCUT2D eigenvalue weighted by Crippen LogP contribution is 2.16. The largest absolute Gasteiger partial charge is 0.326 e. The van der Waals surface area contributed by atoms with Crippen LogP contribution >= 0.6 is 0 Å². The third-order valence-electron chi connectivity index (χ3n) is 5.50. The zero-order valence-corrected chi connectivity index (χ0v) is 21.7. The average molecular weight is 477 g/mol. The minimum absolute atomic E-state index is 0.0458. The molecule has 6 heteroatoms. The Morgan fingerprint density at radius 3 is 1.37 bits per heavy atom. The predicted octanol–water partition coefficient (Wildman–Crippen LogP) is 6.46. The molecule has 0 saturated heterocycles. The van der Waals surface area contributed by atoms with Crippen LogP contribution in [0.25, 0.3) is 0 Å². The van der Waals surface area contributed by atoms with Crippen LogP contribution in [-0.4, -0.2) is 36.3 Å². The molecular formula is C29H40N4O2. The molecule has 0 atom stereocenters. The van der Waals surface area contributed by atoms with Gasteiger partial charge in [0.05, 0.1) is 12.8 Å². The van der Waals surface area contributed by atoms with Crippen molar-refractivity contribution in [2.24, 2.45) is 9.98 Å². The SMILES string of the molecule is CCCCN=C(C)CC(=O)Nc1ccc(Cc2ccc(NC(=O)CC(C)=NCCCC)cc2)cc1. The first-order valence-electron chi connectivity index (χ1n) is 12.7. The van der Waals surface area contributed by atoms with E-state index in [0.29, 0.717) is 12.8 Å². The summed E-state index contributed by atoms with van der Waals surface area (Å²) in [5.74, 6) is -0.0916. The zero-order chi connectivity index (χ0) is 25.5. The number of nitrogens with one attached hydrogen (secondary N) is 2. The van der Waals surface area contributed by atoms with Gasteiger partial charge < -0.3 is 10.6 Å². The maximum Gasteiger partial charge on any atom is 0.230 e. The molecule has 0 aliphatic carbocycles. The number of aliphatic imine (C=N–C) groups is 2. The van der Waals surface area contributed by atoms with E-state index in [1.807, 2.05) is 62.4 Å². The van der Waals surface area contributed by atoms with E-state index in [4.69, 9.17) is 0 Å². The lowest BCUT2D eigenvalue weighted by molar-refractivity contribution is -0.115. The second kappa shape index (κ2) is 15.6. The number of benzene rings is 2. The number of hydrogen-bond donors (Lipinski definition) is 2. The highest BCUT2D eigenvalue weighted by molar-refractivity contribution is 6.06. The minimum Gasteiger partial charge on any atom is -0.326 e. The van der Waals surface area contributed by atoms with Crippen LogP contribution in [0, 0.1) is 0 Å². The van der Waals surface area contributed by atoms with Crippen LogP contribution in [0.4, 0.5) is 11.4 Å². The van der Waals surface area contributed by atoms with Crippen molar-refractivity contribution in [2.45, 2.75) is 72.6 Å². The number of unbranched alkanes of at least 4 members (excludes halogenated alkanes) is 2. The van der Waals surface area contributed by atoms with Crippen LogP contribution in [0.2, 0.25) is 0 Å². The lowest BCUT2D eigenvalue weighted by Gasteiger charge is -2.09. The van der Waals surface area contributed by atoms with Gasteiger partial charge in [-0.3, -0.25) is 19.6 Å². The fourth-order valence-electron chi connectivity index (χ4n) is 3.49. The molecule has 2 rings (SSSR count). The standard InChI is InChI=1S/C29H40N4O2/c1-5-7-17-30-22(3)19-28(34)32-26-13-9-24(10-14-26)21-25-11-15-27(16-12-25)33-29(35)20-23(4)31-18-8-6-2/h9-16H,5-8,17-21H2,1-4H3,(H,32,34)(H,33,35). The summed E-state index contributed by atoms with van der Waals surface area (Å²) in [5.41, 5.74) is 5.59. The van der Waals surface area contributed by atoms with Crippen molar-refractivity contribution in [3.8, 4) is 0 Å². The molecule has 0 heterocycles. The smallest absolute Gasteiger partial charge is 0.230 e. The molecule has 0 aromatic heterocycles. The monoisotopic (exact) mass is 476 g/mol. The summed E-state index contributed by atoms with van der Waals surface area (Å²) in [5, 5.41) is 5.88. The molecule has 188 valence electrons. The van der Waals surface area contributed by atoms with Gasteiger partial charge in [-0.25, -0.2) is 0 Å². The first-order valence-corrected chi connectivity index (χ1v) is 12.7. The summed E-state index contributed by atoms with van der Waals surface area (Å²) in [6.45, 7) is 9.63. The first kappa shape index (κ1) is 28.0. The molecule has 2 amide bonds. The van der Waals surface area contributed by atoms with Crippen LogP contribution in [0.1, 0.15) is 77.3 Å². The Morgan fingerprint density at radius 2 is 1.03 bits per heavy atom. The number of rotatable bonds is 14. The van der Waals surface area contributed by atoms with Crippen LogP contribution in [-0.2, 0) is 16.0 Å². The normalized spacial score (nSPS) is 11.9. The van der Waals surface area contributed by atoms with Crippen LogP contribution < -0.4 is 10.6 Å². The third kappa shape index (κ3) is 11.6. The predicted molar refractivity (Wildman–Crippen MR) is 148 cm³/mol. The molecule has 2 aromatic carbocycles. The van der Waals surface area contributed by atoms with Gasteiger partial charge in [0.2, 0.25) is 11.8 Å². The quantitative estimate of drug-likeness (QED) is 0.242. The van der Waals surface area contributed by atoms with E-state index in [1.54, 1.807) is 0 Å². The average Bonchev–Trinajstić information content (AvgIpc) is 2.82. The van der Waals surface area contributed by atoms with Crippen molar-refractivity contribution < 1.29 is 9.59 Å². The molecule has 0 saturated carbocycles. The summed E-state index contributed by atoms with van der Waals surface area (Å²) < 4.78 is 0. The lowest BCUT2D eigenvalue weighted by atomic mass is 10.0. The molecule has 0 aliphatic heterocycles. The summed E-state index contributed by atoms with van der Waals surface area (Å²) in [6.07, 6.45) is 5.71. The second-order valence-electron chi connectivity index (χ2n) is 8.96. The van der Waals surface area contributed by atoms with Crippen molar-refractivity contribution >= 4 is 34.6 Å². The van der Waals surface area contributed by atoms with Gasteiger partial charge in [0.1, 0.15) is 0 Å². The molecule has 0 aliphatic rings. The van der Waals surface area contributed by atoms with Gasteiger partial charge in [-0.05, 0) is 68.5 Å². The molecular weight excluding hydrogens is 436 g/mol. The van der Waals surface area contributed by atoms with Crippen LogP contribution in [0.15, 0.2) is 58.5 Å². The van der Waals surface area contributed by atoms with Crippen molar-refractivity contribution in [1.29, 1.82) is 0 Å². The Morgan fingerprint density at radius 1 is 0.657 bits per heavy atom. The van der Waals surface area contributed by atoms with Crippen molar-refractivity contribution in [2.75, 3.05) is 23.7 Å². The molecule has 0 spiro atoms. The summed E-state index contributed by atoms with van der Waals surface area (Å²) >= 11 is 0. The molecule has 2 aromatic rings. The van der Waals surface area contributed by atoms with E-state index in [0.717, 1.165) is 79.1 Å². The van der Waals surface area contributed by atoms with Gasteiger partial charge in [0, 0.05) is 35.9 Å². The Kier molecular flexibility index (Phi) is 12.5. The molecule has 0 unspecified atom stereocenters. The van der Waals surface area contributed by atoms with E-state index in [9.17, 15) is 9.59 Å². The maximum absolute atomic E-state index is 12.2. The molecule has 0 radical (unpaired) electrons. The van der Waals surface area contributed by atoms with Gasteiger partial charge in [0.25, 0.3) is 0 Å². The van der Waals surface area contributed by atoms with E-state index in [2.05, 4.69) is 34.5 Å². The van der Waals surface area contributed by atoms with Crippen molar-refractivity contribution in [1.82, 2.24) is 0 Å². The van der Waals surface area contributed by atoms with Gasteiger partial charge in [0.15, 0.2) is 0 Å². The van der Waals surface area contributed by atoms with E-state index in [-0.39, 0.29) is 11.8 Å². The highest BCUT2D eigenvalue weighted by atomic mass is 16.2. The van der Waals surface area contributed by atoms with Crippen molar-refractivity contribution in [3.63, 3.8) is 0 Å². The number of nitrogens with zero attached hydrogens (tertiary/aromatic N) is 2. The van der Waals surface area contributed by atoms with Gasteiger partial charge >= 0.3 is 0 Å². The summed E-state index contributed by atoms with van der Waals surface area (Å²) in [4.78, 5) is 33.3. The topological polar surface area (TPSA) is 82.9 Å². The number of carbonyl (C=O) groups is 2. The van der Waals surface area contributed by atoms with Gasteiger partial charge in [-0.1, -0.05) is 51.0 Å². The molecule has 2 N–H and O–H groups in total. The Balaban J connectivity index is 1.82. The molecule has 0 bridgehead atoms. The fourth-order valence-corrected chi connectivity index (χ4v) is 3.49. The maximum atomic E-state index is 12.2. The Labute approximate surface area is 210 Å². The Bertz CT molecular complexity index is 911. The van der Waals surface area contributed by atoms with Gasteiger partial charge in [-0.2, -0.15) is 0 Å². The Hall–Kier alpha value is -3.28. The van der Waals surface area contributed by atoms with Crippen molar-refractivity contribution in [3.05, 3.63) is 59.7 Å². The lowest BCUT2D eigenvalue weighted by Crippen LogP contribution is -2.15. The highest BCUT2D eigenvalue weighted by Gasteiger charge is 2.07. The number of hydrogen-bond acceptors (Lipinski definition) is 4. The minimum atomic E-state index is -0.0458. The third-order valence-corrected chi connectivity index (χ3v) is 5.50. The number of carbonyl (C=O) groups excluding carboxylic acids is 2. The van der Waals surface area contributed by atoms with Crippen LogP contribution in [0.5, 0.6) is 0 Å². The van der Waals surface area contributed by atoms with E-state index in [1.165, 1.54) is 0 Å². The van der Waals surface area contributed by atoms with E-state index < -0.39 is 0 Å². The molecule has 35 heavy (non-hydrogen) atoms. The molecule has 0 fully saturated rings. The fraction of sp³-hybridized carbons (Fsp3) is 0.448. The summed E-state index contributed by atoms with van der Waals surface area (Å²) in [7, 11) is 0. The van der Waals surface area contributed by atoms with E-state index >= 15 is 0 Å². The molecule has 6 nitrogen and oxygen atoms in total. The van der Waals surface area contributed by atoms with Crippen LogP contribution in [0.3, 0.4) is 0 Å². The zero-order valence-electron chi connectivity index (χ0n) is 21.7. The number of anilines is 2. The second-order valence-corrected chi connectivity index (χ2v) is 8.96. The first-order chi connectivity index (χ1) is 16.9. The number of amides is 2.